The minimum Gasteiger partial charge on any atom is -0.308 e. The Morgan fingerprint density at radius 1 is 0.525 bits per heavy atom. The standard InChI is InChI=1S/C56H34N4S/c1-2-12-33(13-3-1)34-22-24-36(25-23-34)50-55-51(43-18-8-11-21-48(43)61-55)58-56(57-50)37-26-29-38(30-27-37)59-52-39-15-5-4-14-35(39)28-31-41(52)45-32-44-40-16-6-9-19-46(40)60-47-20-10-7-17-42(47)49(53(45)59)54(44)60/h1-12,14-33H,13H2. The normalized spacial score (nSPS) is 14.5. The average Bonchev–Trinajstić information content (AvgIpc) is 4.07. The molecule has 8 aromatic carbocycles. The summed E-state index contributed by atoms with van der Waals surface area (Å²) in [5, 5.41) is 11.3. The predicted molar refractivity (Wildman–Crippen MR) is 258 cm³/mol. The van der Waals surface area contributed by atoms with Gasteiger partial charge in [0, 0.05) is 70.5 Å². The van der Waals surface area contributed by atoms with Gasteiger partial charge in [0.2, 0.25) is 0 Å². The van der Waals surface area contributed by atoms with E-state index in [0.29, 0.717) is 5.92 Å². The van der Waals surface area contributed by atoms with E-state index < -0.39 is 0 Å². The Morgan fingerprint density at radius 3 is 2.05 bits per heavy atom. The topological polar surface area (TPSA) is 35.1 Å². The Balaban J connectivity index is 1.01. The molecule has 0 bridgehead atoms. The van der Waals surface area contributed by atoms with Crippen molar-refractivity contribution < 1.29 is 0 Å². The summed E-state index contributed by atoms with van der Waals surface area (Å²) in [7, 11) is 0. The lowest BCUT2D eigenvalue weighted by Gasteiger charge is -2.14. The molecule has 0 saturated heterocycles. The maximum absolute atomic E-state index is 5.39. The molecule has 1 unspecified atom stereocenters. The van der Waals surface area contributed by atoms with E-state index in [2.05, 4.69) is 197 Å². The molecule has 1 aliphatic carbocycles. The maximum atomic E-state index is 5.39. The largest absolute Gasteiger partial charge is 0.308 e. The first-order valence-corrected chi connectivity index (χ1v) is 21.8. The third-order valence-corrected chi connectivity index (χ3v) is 14.3. The van der Waals surface area contributed by atoms with Crippen molar-refractivity contribution in [3.8, 4) is 28.3 Å². The van der Waals surface area contributed by atoms with Crippen molar-refractivity contribution >= 4 is 102 Å². The minimum absolute atomic E-state index is 0.399. The molecule has 4 nitrogen and oxygen atoms in total. The smallest absolute Gasteiger partial charge is 0.160 e. The van der Waals surface area contributed by atoms with Gasteiger partial charge in [-0.05, 0) is 65.9 Å². The molecule has 0 aliphatic heterocycles. The van der Waals surface area contributed by atoms with Crippen LogP contribution in [0.4, 0.5) is 0 Å². The van der Waals surface area contributed by atoms with Crippen LogP contribution < -0.4 is 0 Å². The number of rotatable bonds is 4. The number of thiophene rings is 1. The number of benzene rings is 8. The summed E-state index contributed by atoms with van der Waals surface area (Å²) in [5.74, 6) is 1.13. The molecule has 0 N–H and O–H groups in total. The monoisotopic (exact) mass is 794 g/mol. The van der Waals surface area contributed by atoms with Gasteiger partial charge in [-0.25, -0.2) is 9.97 Å². The first-order chi connectivity index (χ1) is 30.3. The molecule has 0 radical (unpaired) electrons. The molecule has 0 amide bonds. The number of fused-ring (bicyclic) bond motifs is 15. The first kappa shape index (κ1) is 33.3. The van der Waals surface area contributed by atoms with Crippen molar-refractivity contribution in [2.45, 2.75) is 12.3 Å². The van der Waals surface area contributed by atoms with Crippen LogP contribution in [0.3, 0.4) is 0 Å². The number of aromatic nitrogens is 4. The number of hydrogen-bond donors (Lipinski definition) is 0. The fraction of sp³-hybridized carbons (Fsp3) is 0.0357. The van der Waals surface area contributed by atoms with E-state index in [0.717, 1.165) is 45.0 Å². The Labute approximate surface area is 353 Å². The average molecular weight is 795 g/mol. The van der Waals surface area contributed by atoms with Crippen LogP contribution in [0.1, 0.15) is 17.9 Å². The summed E-state index contributed by atoms with van der Waals surface area (Å²) in [6, 6.07) is 60.2. The second-order valence-electron chi connectivity index (χ2n) is 16.4. The molecule has 5 heteroatoms. The second-order valence-corrected chi connectivity index (χ2v) is 17.5. The number of nitrogens with zero attached hydrogens (tertiary/aromatic N) is 4. The zero-order chi connectivity index (χ0) is 39.8. The SMILES string of the molecule is C1=CCC(c2ccc(-c3nc(-c4ccc(-n5c6c7ccccc7ccc6c6cc7c8ccccc8n8c9ccccc9c(c65)c78)cc4)nc4c3sc3ccccc34)cc2)C=C1. The molecule has 0 spiro atoms. The Bertz CT molecular complexity index is 4010. The van der Waals surface area contributed by atoms with Gasteiger partial charge in [-0.15, -0.1) is 11.3 Å². The summed E-state index contributed by atoms with van der Waals surface area (Å²) >= 11 is 1.78. The zero-order valence-corrected chi connectivity index (χ0v) is 33.7. The van der Waals surface area contributed by atoms with Crippen LogP contribution >= 0.6 is 11.3 Å². The van der Waals surface area contributed by atoms with E-state index in [1.807, 2.05) is 0 Å². The van der Waals surface area contributed by atoms with Gasteiger partial charge in [-0.3, -0.25) is 0 Å². The van der Waals surface area contributed by atoms with Gasteiger partial charge >= 0.3 is 0 Å². The minimum atomic E-state index is 0.399. The van der Waals surface area contributed by atoms with Gasteiger partial charge in [0.05, 0.1) is 43.5 Å². The second kappa shape index (κ2) is 12.5. The number of para-hydroxylation sites is 2. The highest BCUT2D eigenvalue weighted by molar-refractivity contribution is 7.26. The highest BCUT2D eigenvalue weighted by Gasteiger charge is 2.25. The van der Waals surface area contributed by atoms with E-state index in [4.69, 9.17) is 9.97 Å². The first-order valence-electron chi connectivity index (χ1n) is 21.0. The van der Waals surface area contributed by atoms with Crippen molar-refractivity contribution in [1.29, 1.82) is 0 Å². The molecule has 5 aromatic heterocycles. The van der Waals surface area contributed by atoms with Crippen molar-refractivity contribution in [2.24, 2.45) is 0 Å². The quantitative estimate of drug-likeness (QED) is 0.178. The van der Waals surface area contributed by atoms with Gasteiger partial charge in [0.25, 0.3) is 0 Å². The van der Waals surface area contributed by atoms with Crippen LogP contribution in [-0.2, 0) is 0 Å². The van der Waals surface area contributed by atoms with Crippen molar-refractivity contribution in [3.63, 3.8) is 0 Å². The van der Waals surface area contributed by atoms with Crippen molar-refractivity contribution in [1.82, 2.24) is 18.9 Å². The number of hydrogen-bond acceptors (Lipinski definition) is 3. The Morgan fingerprint density at radius 2 is 1.23 bits per heavy atom. The lowest BCUT2D eigenvalue weighted by molar-refractivity contribution is 0.854. The third-order valence-electron chi connectivity index (χ3n) is 13.2. The summed E-state index contributed by atoms with van der Waals surface area (Å²) in [4.78, 5) is 10.7. The van der Waals surface area contributed by atoms with Crippen molar-refractivity contribution in [2.75, 3.05) is 0 Å². The summed E-state index contributed by atoms with van der Waals surface area (Å²) in [6.07, 6.45) is 9.85. The van der Waals surface area contributed by atoms with Crippen LogP contribution in [0.15, 0.2) is 188 Å². The Kier molecular flexibility index (Phi) is 6.79. The third kappa shape index (κ3) is 4.64. The fourth-order valence-corrected chi connectivity index (χ4v) is 11.6. The molecule has 14 rings (SSSR count). The van der Waals surface area contributed by atoms with Crippen LogP contribution in [0, 0.1) is 0 Å². The van der Waals surface area contributed by atoms with Crippen LogP contribution in [0.5, 0.6) is 0 Å². The molecule has 0 fully saturated rings. The van der Waals surface area contributed by atoms with Gasteiger partial charge in [0.15, 0.2) is 5.82 Å². The van der Waals surface area contributed by atoms with E-state index in [1.165, 1.54) is 86.3 Å². The molecule has 1 aliphatic rings. The molecule has 61 heavy (non-hydrogen) atoms. The van der Waals surface area contributed by atoms with E-state index in [1.54, 1.807) is 11.3 Å². The molecule has 13 aromatic rings. The van der Waals surface area contributed by atoms with Gasteiger partial charge in [0.1, 0.15) is 0 Å². The van der Waals surface area contributed by atoms with Gasteiger partial charge in [-0.2, -0.15) is 0 Å². The van der Waals surface area contributed by atoms with E-state index in [9.17, 15) is 0 Å². The summed E-state index contributed by atoms with van der Waals surface area (Å²) in [5.41, 5.74) is 12.7. The molecule has 0 saturated carbocycles. The summed E-state index contributed by atoms with van der Waals surface area (Å²) < 4.78 is 7.35. The predicted octanol–water partition coefficient (Wildman–Crippen LogP) is 15.2. The van der Waals surface area contributed by atoms with Crippen LogP contribution in [0.2, 0.25) is 0 Å². The van der Waals surface area contributed by atoms with E-state index >= 15 is 0 Å². The molecular weight excluding hydrogens is 761 g/mol. The Hall–Kier alpha value is -7.60. The highest BCUT2D eigenvalue weighted by Crippen LogP contribution is 2.48. The van der Waals surface area contributed by atoms with E-state index in [-0.39, 0.29) is 0 Å². The summed E-state index contributed by atoms with van der Waals surface area (Å²) in [6.45, 7) is 0. The van der Waals surface area contributed by atoms with Crippen LogP contribution in [0.25, 0.3) is 119 Å². The molecule has 284 valence electrons. The fourth-order valence-electron chi connectivity index (χ4n) is 10.4. The lowest BCUT2D eigenvalue weighted by atomic mass is 9.92. The lowest BCUT2D eigenvalue weighted by Crippen LogP contribution is -1.98. The molecule has 1 atom stereocenters. The number of allylic oxidation sites excluding steroid dienone is 4. The zero-order valence-electron chi connectivity index (χ0n) is 32.9. The van der Waals surface area contributed by atoms with Gasteiger partial charge in [-0.1, -0.05) is 140 Å². The maximum Gasteiger partial charge on any atom is 0.160 e. The van der Waals surface area contributed by atoms with Gasteiger partial charge < -0.3 is 8.97 Å². The van der Waals surface area contributed by atoms with Crippen molar-refractivity contribution in [3.05, 3.63) is 194 Å². The van der Waals surface area contributed by atoms with Crippen LogP contribution in [-0.4, -0.2) is 18.9 Å². The molecular formula is C56H34N4S. The highest BCUT2D eigenvalue weighted by atomic mass is 32.1. The molecule has 5 heterocycles.